The molecule has 0 fully saturated rings. The van der Waals surface area contributed by atoms with Crippen LogP contribution in [-0.2, 0) is 19.2 Å². The molecular formula is C14H25N3O6S. The first-order valence-corrected chi connectivity index (χ1v) is 7.57. The molecule has 0 unspecified atom stereocenters. The van der Waals surface area contributed by atoms with E-state index >= 15 is 0 Å². The van der Waals surface area contributed by atoms with Gasteiger partial charge in [0.05, 0.1) is 0 Å². The summed E-state index contributed by atoms with van der Waals surface area (Å²) in [6.07, 6.45) is -0.0907. The van der Waals surface area contributed by atoms with E-state index in [1.165, 1.54) is 0 Å². The second-order valence-electron chi connectivity index (χ2n) is 4.94. The third-order valence-corrected chi connectivity index (χ3v) is 3.33. The maximum atomic E-state index is 12.4. The summed E-state index contributed by atoms with van der Waals surface area (Å²) >= 11 is 3.88. The summed E-state index contributed by atoms with van der Waals surface area (Å²) in [5, 5.41) is 22.1. The van der Waals surface area contributed by atoms with Crippen LogP contribution in [-0.4, -0.2) is 57.8 Å². The van der Waals surface area contributed by atoms with Gasteiger partial charge in [0.15, 0.2) is 0 Å². The number of carboxylic acid groups (broad SMARTS) is 2. The summed E-state index contributed by atoms with van der Waals surface area (Å²) in [4.78, 5) is 46.4. The fraction of sp³-hybridized carbons (Fsp3) is 0.714. The van der Waals surface area contributed by atoms with Gasteiger partial charge in [0.25, 0.3) is 0 Å². The Labute approximate surface area is 154 Å². The van der Waals surface area contributed by atoms with Gasteiger partial charge < -0.3 is 26.6 Å². The highest BCUT2D eigenvalue weighted by atomic mass is 32.1. The second-order valence-corrected chi connectivity index (χ2v) is 5.31. The molecule has 6 N–H and O–H groups in total. The molecule has 24 heavy (non-hydrogen) atoms. The number of hydrogen-bond donors (Lipinski definition) is 6. The molecule has 0 rings (SSSR count). The van der Waals surface area contributed by atoms with Crippen LogP contribution in [0, 0.1) is 5.92 Å². The van der Waals surface area contributed by atoms with Crippen molar-refractivity contribution in [3.8, 4) is 0 Å². The monoisotopic (exact) mass is 369 g/mol. The van der Waals surface area contributed by atoms with Crippen LogP contribution in [0.15, 0.2) is 0 Å². The van der Waals surface area contributed by atoms with Gasteiger partial charge >= 0.3 is 11.9 Å². The van der Waals surface area contributed by atoms with Crippen molar-refractivity contribution in [2.24, 2.45) is 11.7 Å². The van der Waals surface area contributed by atoms with Gasteiger partial charge in [-0.15, -0.1) is 0 Å². The number of nitrogens with one attached hydrogen (secondary N) is 2. The fourth-order valence-electron chi connectivity index (χ4n) is 1.61. The quantitative estimate of drug-likeness (QED) is 0.260. The van der Waals surface area contributed by atoms with E-state index in [0.717, 1.165) is 0 Å². The lowest BCUT2D eigenvalue weighted by Gasteiger charge is -2.22. The van der Waals surface area contributed by atoms with E-state index in [4.69, 9.17) is 19.1 Å². The van der Waals surface area contributed by atoms with Crippen LogP contribution < -0.4 is 16.4 Å². The van der Waals surface area contributed by atoms with Gasteiger partial charge in [-0.3, -0.25) is 14.4 Å². The number of carbonyl (C=O) groups excluding carboxylic acids is 2. The molecular weight excluding hydrogens is 338 g/mol. The zero-order chi connectivity index (χ0) is 23.9. The average molecular weight is 369 g/mol. The number of aliphatic carboxylic acids is 2. The first-order chi connectivity index (χ1) is 13.5. The predicted octanol–water partition coefficient (Wildman–Crippen LogP) is -0.791. The molecule has 0 heterocycles. The van der Waals surface area contributed by atoms with Crippen molar-refractivity contribution in [2.45, 2.75) is 51.1 Å². The molecule has 138 valence electrons. The number of carbonyl (C=O) groups is 4. The topological polar surface area (TPSA) is 159 Å². The van der Waals surface area contributed by atoms with Crippen molar-refractivity contribution in [1.82, 2.24) is 10.6 Å². The number of thiol groups is 1. The van der Waals surface area contributed by atoms with Gasteiger partial charge in [-0.25, -0.2) is 4.79 Å². The molecule has 0 aliphatic rings. The molecule has 0 aromatic heterocycles. The third-order valence-electron chi connectivity index (χ3n) is 2.97. The molecule has 9 nitrogen and oxygen atoms in total. The minimum atomic E-state index is -3.22. The molecule has 0 aromatic carbocycles. The predicted molar refractivity (Wildman–Crippen MR) is 89.7 cm³/mol. The molecule has 0 aromatic rings. The molecule has 0 saturated carbocycles. The molecule has 0 spiro atoms. The lowest BCUT2D eigenvalue weighted by atomic mass is 10.0. The van der Waals surface area contributed by atoms with E-state index in [0.29, 0.717) is 0 Å². The van der Waals surface area contributed by atoms with E-state index in [1.807, 2.05) is 5.32 Å². The Hall–Kier alpha value is -1.81. The van der Waals surface area contributed by atoms with Crippen LogP contribution >= 0.6 is 12.6 Å². The molecule has 0 bridgehead atoms. The van der Waals surface area contributed by atoms with E-state index in [2.05, 4.69) is 17.9 Å². The maximum absolute atomic E-state index is 12.4. The van der Waals surface area contributed by atoms with E-state index in [1.54, 1.807) is 0 Å². The summed E-state index contributed by atoms with van der Waals surface area (Å²) < 4.78 is 44.0. The number of nitrogens with two attached hydrogens (primary N) is 1. The number of rotatable bonds is 11. The van der Waals surface area contributed by atoms with Crippen LogP contribution in [0.1, 0.15) is 41.2 Å². The lowest BCUT2D eigenvalue weighted by molar-refractivity contribution is -0.143. The smallest absolute Gasteiger partial charge is 0.326 e. The first-order valence-electron chi connectivity index (χ1n) is 9.94. The maximum Gasteiger partial charge on any atom is 0.326 e. The minimum absolute atomic E-state index is 0.000422. The van der Waals surface area contributed by atoms with E-state index in [-0.39, 0.29) is 25.0 Å². The lowest BCUT2D eigenvalue weighted by Crippen LogP contribution is -2.53. The molecule has 3 atom stereocenters. The molecule has 0 radical (unpaired) electrons. The number of hydrogen-bond acceptors (Lipinski definition) is 6. The Kier molecular flexibility index (Phi) is 6.10. The standard InChI is InChI=1S/C14H25N3O6S/c1-7(2)11(14(22)23)17-12(19)9(6-24)16-10(18)5-3-4-8(15)13(20)21/h7-9,11,24H,3-6,15H2,1-2H3,(H,16,18)(H,17,19)(H,20,21)(H,22,23)/t8-,9+,11-/m1/s1/i1D3,2D3. The third kappa shape index (κ3) is 8.16. The summed E-state index contributed by atoms with van der Waals surface area (Å²) in [5.74, 6) is -7.61. The Balaban J connectivity index is 5.18. The van der Waals surface area contributed by atoms with Crippen molar-refractivity contribution in [1.29, 1.82) is 0 Å². The number of carboxylic acids is 2. The van der Waals surface area contributed by atoms with Crippen LogP contribution in [0.5, 0.6) is 0 Å². The largest absolute Gasteiger partial charge is 0.480 e. The van der Waals surface area contributed by atoms with Crippen LogP contribution in [0.3, 0.4) is 0 Å². The molecule has 0 aliphatic carbocycles. The average Bonchev–Trinajstić information content (AvgIpc) is 2.55. The molecule has 2 amide bonds. The second kappa shape index (κ2) is 10.9. The van der Waals surface area contributed by atoms with Crippen LogP contribution in [0.4, 0.5) is 0 Å². The van der Waals surface area contributed by atoms with Crippen molar-refractivity contribution in [2.75, 3.05) is 5.75 Å². The summed E-state index contributed by atoms with van der Waals surface area (Å²) in [7, 11) is 0. The SMILES string of the molecule is [2H]C([2H])([2H])C([C@@H](NC(=O)[C@H](CS)NC(=O)CCC[C@@H](N)C(=O)O)C(=O)O)C([2H])([2H])[2H]. The normalized spacial score (nSPS) is 19.3. The molecule has 0 saturated heterocycles. The Morgan fingerprint density at radius 2 is 1.79 bits per heavy atom. The van der Waals surface area contributed by atoms with Gasteiger partial charge in [0, 0.05) is 20.4 Å². The van der Waals surface area contributed by atoms with Crippen LogP contribution in [0.2, 0.25) is 0 Å². The van der Waals surface area contributed by atoms with Crippen molar-refractivity contribution < 1.29 is 37.6 Å². The summed E-state index contributed by atoms with van der Waals surface area (Å²) in [5.41, 5.74) is 5.30. The van der Waals surface area contributed by atoms with Crippen LogP contribution in [0.25, 0.3) is 0 Å². The highest BCUT2D eigenvalue weighted by Gasteiger charge is 2.27. The van der Waals surface area contributed by atoms with Crippen molar-refractivity contribution in [3.63, 3.8) is 0 Å². The Morgan fingerprint density at radius 1 is 1.17 bits per heavy atom. The van der Waals surface area contributed by atoms with E-state index in [9.17, 15) is 24.3 Å². The summed E-state index contributed by atoms with van der Waals surface area (Å²) in [6.45, 7) is -6.44. The fourth-order valence-corrected chi connectivity index (χ4v) is 1.87. The van der Waals surface area contributed by atoms with Crippen molar-refractivity contribution in [3.05, 3.63) is 0 Å². The molecule has 10 heteroatoms. The van der Waals surface area contributed by atoms with Crippen molar-refractivity contribution >= 4 is 36.4 Å². The summed E-state index contributed by atoms with van der Waals surface area (Å²) in [6, 6.07) is -4.81. The van der Waals surface area contributed by atoms with Gasteiger partial charge in [-0.2, -0.15) is 12.6 Å². The minimum Gasteiger partial charge on any atom is -0.480 e. The van der Waals surface area contributed by atoms with Gasteiger partial charge in [-0.1, -0.05) is 13.7 Å². The highest BCUT2D eigenvalue weighted by molar-refractivity contribution is 7.80. The Morgan fingerprint density at radius 3 is 2.25 bits per heavy atom. The molecule has 0 aliphatic heterocycles. The van der Waals surface area contributed by atoms with Gasteiger partial charge in [-0.05, 0) is 18.8 Å². The highest BCUT2D eigenvalue weighted by Crippen LogP contribution is 2.04. The zero-order valence-electron chi connectivity index (χ0n) is 18.7. The Bertz CT molecular complexity index is 631. The number of amides is 2. The zero-order valence-corrected chi connectivity index (χ0v) is 13.6. The van der Waals surface area contributed by atoms with E-state index < -0.39 is 61.5 Å². The van der Waals surface area contributed by atoms with Gasteiger partial charge in [0.1, 0.15) is 18.1 Å². The van der Waals surface area contributed by atoms with Gasteiger partial charge in [0.2, 0.25) is 11.8 Å². The first kappa shape index (κ1) is 13.5.